The number of anilines is 1. The van der Waals surface area contributed by atoms with Crippen molar-refractivity contribution in [1.29, 1.82) is 0 Å². The molecule has 2 aliphatic carbocycles. The Morgan fingerprint density at radius 3 is 2.82 bits per heavy atom. The highest BCUT2D eigenvalue weighted by molar-refractivity contribution is 6.10. The molecular formula is C21H30N6O. The van der Waals surface area contributed by atoms with E-state index in [-0.39, 0.29) is 5.60 Å². The molecule has 3 N–H and O–H groups in total. The molecule has 0 unspecified atom stereocenters. The van der Waals surface area contributed by atoms with Gasteiger partial charge in [0.05, 0.1) is 23.0 Å². The van der Waals surface area contributed by atoms with E-state index in [1.54, 1.807) is 0 Å². The number of aryl methyl sites for hydroxylation is 1. The summed E-state index contributed by atoms with van der Waals surface area (Å²) in [4.78, 5) is 10.7. The third kappa shape index (κ3) is 2.96. The summed E-state index contributed by atoms with van der Waals surface area (Å²) >= 11 is 0. The summed E-state index contributed by atoms with van der Waals surface area (Å²) in [6, 6.07) is 0.505. The zero-order valence-corrected chi connectivity index (χ0v) is 16.7. The molecule has 0 radical (unpaired) electrons. The Hall–Kier alpha value is -2.15. The summed E-state index contributed by atoms with van der Waals surface area (Å²) in [5.41, 5.74) is 9.82. The van der Waals surface area contributed by atoms with Gasteiger partial charge >= 0.3 is 0 Å². The highest BCUT2D eigenvalue weighted by Crippen LogP contribution is 2.47. The topological polar surface area (TPSA) is 90.3 Å². The second-order valence-corrected chi connectivity index (χ2v) is 8.72. The number of nitrogens with zero attached hydrogens (tertiary/aromatic N) is 4. The molecule has 3 heterocycles. The van der Waals surface area contributed by atoms with Crippen LogP contribution in [0, 0.1) is 5.92 Å². The Morgan fingerprint density at radius 2 is 2.07 bits per heavy atom. The fourth-order valence-corrected chi connectivity index (χ4v) is 5.13. The zero-order valence-electron chi connectivity index (χ0n) is 16.7. The van der Waals surface area contributed by atoms with Crippen LogP contribution in [0.2, 0.25) is 0 Å². The Balaban J connectivity index is 1.48. The van der Waals surface area contributed by atoms with Gasteiger partial charge in [0.25, 0.3) is 0 Å². The molecule has 2 aromatic rings. The molecule has 7 nitrogen and oxygen atoms in total. The summed E-state index contributed by atoms with van der Waals surface area (Å²) in [6.07, 6.45) is 13.1. The van der Waals surface area contributed by atoms with E-state index in [4.69, 9.17) is 15.6 Å². The zero-order chi connectivity index (χ0) is 19.1. The molecule has 1 spiro atoms. The van der Waals surface area contributed by atoms with Crippen molar-refractivity contribution in [1.82, 2.24) is 14.8 Å². The number of pyridine rings is 1. The standard InChI is InChI=1S/C21H30N6O/c1-2-27-20-17(13-24-27)19(25-15-6-4-3-5-7-15)16(12-23-20)18-10-21(28-26-18)8-14(9-21)11-22/h12-15H,2-11,22H2,1H3,(H,23,25). The van der Waals surface area contributed by atoms with Gasteiger partial charge in [-0.2, -0.15) is 5.10 Å². The van der Waals surface area contributed by atoms with Gasteiger partial charge in [0, 0.05) is 30.8 Å². The van der Waals surface area contributed by atoms with Crippen molar-refractivity contribution in [2.45, 2.75) is 76.5 Å². The van der Waals surface area contributed by atoms with Crippen molar-refractivity contribution in [3.8, 4) is 0 Å². The van der Waals surface area contributed by atoms with Gasteiger partial charge in [-0.1, -0.05) is 24.4 Å². The van der Waals surface area contributed by atoms with Gasteiger partial charge in [-0.25, -0.2) is 9.67 Å². The first kappa shape index (κ1) is 17.9. The van der Waals surface area contributed by atoms with E-state index in [9.17, 15) is 0 Å². The number of oxime groups is 1. The van der Waals surface area contributed by atoms with Crippen LogP contribution in [0.25, 0.3) is 11.0 Å². The lowest BCUT2D eigenvalue weighted by Gasteiger charge is -2.41. The lowest BCUT2D eigenvalue weighted by atomic mass is 9.68. The first-order valence-electron chi connectivity index (χ1n) is 10.8. The van der Waals surface area contributed by atoms with Crippen LogP contribution in [0.1, 0.15) is 63.9 Å². The maximum atomic E-state index is 5.91. The molecule has 0 bridgehead atoms. The molecule has 2 fully saturated rings. The van der Waals surface area contributed by atoms with E-state index >= 15 is 0 Å². The lowest BCUT2D eigenvalue weighted by molar-refractivity contribution is -0.105. The van der Waals surface area contributed by atoms with Crippen LogP contribution >= 0.6 is 0 Å². The maximum Gasteiger partial charge on any atom is 0.159 e. The molecule has 0 aromatic carbocycles. The van der Waals surface area contributed by atoms with Crippen molar-refractivity contribution >= 4 is 22.4 Å². The monoisotopic (exact) mass is 382 g/mol. The van der Waals surface area contributed by atoms with Crippen molar-refractivity contribution in [2.75, 3.05) is 11.9 Å². The third-order valence-electron chi connectivity index (χ3n) is 6.72. The summed E-state index contributed by atoms with van der Waals surface area (Å²) in [5.74, 6) is 0.567. The summed E-state index contributed by atoms with van der Waals surface area (Å²) in [5, 5.41) is 14.0. The van der Waals surface area contributed by atoms with Gasteiger partial charge in [0.15, 0.2) is 5.65 Å². The lowest BCUT2D eigenvalue weighted by Crippen LogP contribution is -2.46. The van der Waals surface area contributed by atoms with E-state index in [1.807, 2.05) is 17.1 Å². The highest BCUT2D eigenvalue weighted by Gasteiger charge is 2.50. The maximum absolute atomic E-state index is 5.91. The summed E-state index contributed by atoms with van der Waals surface area (Å²) in [7, 11) is 0. The molecule has 2 saturated carbocycles. The molecule has 0 atom stereocenters. The fourth-order valence-electron chi connectivity index (χ4n) is 5.13. The van der Waals surface area contributed by atoms with Gasteiger partial charge in [0.1, 0.15) is 5.60 Å². The van der Waals surface area contributed by atoms with Gasteiger partial charge in [-0.3, -0.25) is 0 Å². The number of aromatic nitrogens is 3. The number of hydrogen-bond acceptors (Lipinski definition) is 6. The number of hydrogen-bond donors (Lipinski definition) is 2. The fraction of sp³-hybridized carbons (Fsp3) is 0.667. The number of nitrogens with one attached hydrogen (secondary N) is 1. The minimum Gasteiger partial charge on any atom is -0.389 e. The van der Waals surface area contributed by atoms with Gasteiger partial charge in [-0.15, -0.1) is 0 Å². The second kappa shape index (κ2) is 7.03. The number of nitrogens with two attached hydrogens (primary N) is 1. The molecule has 5 rings (SSSR count). The summed E-state index contributed by atoms with van der Waals surface area (Å²) in [6.45, 7) is 3.64. The molecule has 0 amide bonds. The van der Waals surface area contributed by atoms with Crippen molar-refractivity contribution in [2.24, 2.45) is 16.8 Å². The van der Waals surface area contributed by atoms with Crippen LogP contribution in [-0.2, 0) is 11.4 Å². The molecule has 1 aliphatic heterocycles. The number of fused-ring (bicyclic) bond motifs is 1. The highest BCUT2D eigenvalue weighted by atomic mass is 16.7. The summed E-state index contributed by atoms with van der Waals surface area (Å²) < 4.78 is 1.96. The van der Waals surface area contributed by atoms with Crippen LogP contribution in [-0.4, -0.2) is 38.7 Å². The molecule has 3 aliphatic rings. The molecule has 150 valence electrons. The largest absolute Gasteiger partial charge is 0.389 e. The van der Waals surface area contributed by atoms with Crippen LogP contribution in [0.5, 0.6) is 0 Å². The molecule has 2 aromatic heterocycles. The van der Waals surface area contributed by atoms with Crippen molar-refractivity contribution < 1.29 is 4.84 Å². The van der Waals surface area contributed by atoms with Crippen LogP contribution < -0.4 is 11.1 Å². The van der Waals surface area contributed by atoms with Crippen LogP contribution in [0.15, 0.2) is 17.5 Å². The van der Waals surface area contributed by atoms with Gasteiger partial charge in [0.2, 0.25) is 0 Å². The van der Waals surface area contributed by atoms with E-state index in [2.05, 4.69) is 22.5 Å². The van der Waals surface area contributed by atoms with Crippen molar-refractivity contribution in [3.05, 3.63) is 18.0 Å². The SMILES string of the molecule is CCn1ncc2c(NC3CCCCC3)c(C3=NOC4(C3)CC(CN)C4)cnc21. The Kier molecular flexibility index (Phi) is 4.50. The predicted octanol–water partition coefficient (Wildman–Crippen LogP) is 3.43. The molecular weight excluding hydrogens is 352 g/mol. The first-order chi connectivity index (χ1) is 13.7. The number of rotatable bonds is 5. The normalized spacial score (nSPS) is 27.6. The van der Waals surface area contributed by atoms with E-state index in [0.29, 0.717) is 12.0 Å². The Morgan fingerprint density at radius 1 is 1.25 bits per heavy atom. The second-order valence-electron chi connectivity index (χ2n) is 8.72. The predicted molar refractivity (Wildman–Crippen MR) is 110 cm³/mol. The molecule has 7 heteroatoms. The third-order valence-corrected chi connectivity index (χ3v) is 6.72. The Labute approximate surface area is 165 Å². The van der Waals surface area contributed by atoms with Crippen LogP contribution in [0.4, 0.5) is 5.69 Å². The van der Waals surface area contributed by atoms with Crippen molar-refractivity contribution in [3.63, 3.8) is 0 Å². The molecule has 28 heavy (non-hydrogen) atoms. The molecule has 0 saturated heterocycles. The first-order valence-corrected chi connectivity index (χ1v) is 10.8. The van der Waals surface area contributed by atoms with E-state index < -0.39 is 0 Å². The quantitative estimate of drug-likeness (QED) is 0.827. The Bertz CT molecular complexity index is 892. The average Bonchev–Trinajstić information content (AvgIpc) is 3.32. The van der Waals surface area contributed by atoms with E-state index in [1.165, 1.54) is 32.1 Å². The van der Waals surface area contributed by atoms with Gasteiger partial charge in [-0.05, 0) is 45.1 Å². The van der Waals surface area contributed by atoms with Gasteiger partial charge < -0.3 is 15.9 Å². The smallest absolute Gasteiger partial charge is 0.159 e. The minimum absolute atomic E-state index is 0.135. The average molecular weight is 383 g/mol. The minimum atomic E-state index is -0.135. The van der Waals surface area contributed by atoms with Crippen LogP contribution in [0.3, 0.4) is 0 Å². The van der Waals surface area contributed by atoms with E-state index in [0.717, 1.165) is 60.3 Å².